The third-order valence-electron chi connectivity index (χ3n) is 6.85. The van der Waals surface area contributed by atoms with E-state index in [1.165, 1.54) is 0 Å². The molecule has 2 amide bonds. The van der Waals surface area contributed by atoms with E-state index in [1.807, 2.05) is 77.8 Å². The Morgan fingerprint density at radius 2 is 1.74 bits per heavy atom. The molecule has 3 aromatic carbocycles. The molecular formula is C28H24N4O2. The number of nitrogens with one attached hydrogen (secondary N) is 1. The highest BCUT2D eigenvalue weighted by Crippen LogP contribution is 2.34. The van der Waals surface area contributed by atoms with Gasteiger partial charge in [0, 0.05) is 29.6 Å². The molecule has 0 unspecified atom stereocenters. The summed E-state index contributed by atoms with van der Waals surface area (Å²) in [7, 11) is 0. The maximum atomic E-state index is 14.0. The first-order valence-electron chi connectivity index (χ1n) is 11.6. The standard InChI is InChI=1S/C28H24N4O2/c33-27-24-14-21(23-15-29-30-16-23)10-11-22(24)18-32(27)26-13-12-20-8-4-5-9-25(20)31(28(26)34)17-19-6-2-1-3-7-19/h1-11,14-16,26H,12-13,17-18H2,(H,29,30)/t26-/m0/s1. The first kappa shape index (κ1) is 20.4. The highest BCUT2D eigenvalue weighted by molar-refractivity contribution is 6.05. The summed E-state index contributed by atoms with van der Waals surface area (Å²) in [5.74, 6) is -0.102. The molecule has 1 atom stereocenters. The monoisotopic (exact) mass is 448 g/mol. The molecule has 168 valence electrons. The van der Waals surface area contributed by atoms with Gasteiger partial charge in [-0.25, -0.2) is 0 Å². The first-order chi connectivity index (χ1) is 16.7. The molecule has 0 aliphatic carbocycles. The van der Waals surface area contributed by atoms with Crippen molar-refractivity contribution in [2.75, 3.05) is 4.90 Å². The Morgan fingerprint density at radius 3 is 2.56 bits per heavy atom. The fourth-order valence-corrected chi connectivity index (χ4v) is 5.08. The Morgan fingerprint density at radius 1 is 0.912 bits per heavy atom. The van der Waals surface area contributed by atoms with Crippen LogP contribution in [0.5, 0.6) is 0 Å². The van der Waals surface area contributed by atoms with Gasteiger partial charge < -0.3 is 9.80 Å². The minimum Gasteiger partial charge on any atom is -0.322 e. The number of rotatable bonds is 4. The van der Waals surface area contributed by atoms with Crippen molar-refractivity contribution in [2.45, 2.75) is 32.0 Å². The predicted molar refractivity (Wildman–Crippen MR) is 130 cm³/mol. The summed E-state index contributed by atoms with van der Waals surface area (Å²) in [6.07, 6.45) is 4.91. The second-order valence-corrected chi connectivity index (χ2v) is 8.89. The number of aromatic nitrogens is 2. The molecule has 6 nitrogen and oxygen atoms in total. The minimum atomic E-state index is -0.506. The number of aryl methyl sites for hydroxylation is 1. The van der Waals surface area contributed by atoms with E-state index in [9.17, 15) is 9.59 Å². The minimum absolute atomic E-state index is 0.0231. The molecule has 3 heterocycles. The molecule has 0 fully saturated rings. The van der Waals surface area contributed by atoms with Gasteiger partial charge in [-0.1, -0.05) is 60.7 Å². The number of H-pyrrole nitrogens is 1. The molecule has 0 saturated heterocycles. The summed E-state index contributed by atoms with van der Waals surface area (Å²) in [5, 5.41) is 6.83. The smallest absolute Gasteiger partial charge is 0.255 e. The molecule has 2 aliphatic heterocycles. The highest BCUT2D eigenvalue weighted by atomic mass is 16.2. The number of carbonyl (C=O) groups excluding carboxylic acids is 2. The SMILES string of the molecule is O=C1[C@@H](N2Cc3ccc(-c4cn[nH]c4)cc3C2=O)CCc2ccccc2N1Cc1ccccc1. The Balaban J connectivity index is 1.33. The quantitative estimate of drug-likeness (QED) is 0.497. The summed E-state index contributed by atoms with van der Waals surface area (Å²) >= 11 is 0. The van der Waals surface area contributed by atoms with Crippen LogP contribution in [0.3, 0.4) is 0 Å². The zero-order valence-corrected chi connectivity index (χ0v) is 18.6. The van der Waals surface area contributed by atoms with Crippen molar-refractivity contribution in [3.05, 3.63) is 107 Å². The molecule has 1 aromatic heterocycles. The normalized spacial score (nSPS) is 17.5. The van der Waals surface area contributed by atoms with E-state index in [-0.39, 0.29) is 11.8 Å². The van der Waals surface area contributed by atoms with Crippen LogP contribution >= 0.6 is 0 Å². The van der Waals surface area contributed by atoms with Crippen molar-refractivity contribution in [1.29, 1.82) is 0 Å². The summed E-state index contributed by atoms with van der Waals surface area (Å²) in [6.45, 7) is 0.929. The van der Waals surface area contributed by atoms with Crippen molar-refractivity contribution in [3.63, 3.8) is 0 Å². The Kier molecular flexibility index (Phi) is 4.99. The van der Waals surface area contributed by atoms with Crippen LogP contribution in [0.1, 0.15) is 33.5 Å². The fraction of sp³-hybridized carbons (Fsp3) is 0.179. The van der Waals surface area contributed by atoms with Crippen LogP contribution in [0.15, 0.2) is 85.2 Å². The second-order valence-electron chi connectivity index (χ2n) is 8.89. The zero-order valence-electron chi connectivity index (χ0n) is 18.6. The van der Waals surface area contributed by atoms with E-state index in [1.54, 1.807) is 11.1 Å². The lowest BCUT2D eigenvalue weighted by Crippen LogP contribution is -2.48. The van der Waals surface area contributed by atoms with Gasteiger partial charge in [-0.2, -0.15) is 5.10 Å². The van der Waals surface area contributed by atoms with Crippen LogP contribution in [0, 0.1) is 0 Å². The molecule has 0 radical (unpaired) electrons. The first-order valence-corrected chi connectivity index (χ1v) is 11.6. The van der Waals surface area contributed by atoms with Crippen molar-refractivity contribution in [3.8, 4) is 11.1 Å². The fourth-order valence-electron chi connectivity index (χ4n) is 5.08. The number of para-hydroxylation sites is 1. The molecule has 6 heteroatoms. The van der Waals surface area contributed by atoms with Gasteiger partial charge in [0.2, 0.25) is 5.91 Å². The number of aromatic amines is 1. The number of amides is 2. The third kappa shape index (κ3) is 3.48. The number of hydrogen-bond acceptors (Lipinski definition) is 3. The topological polar surface area (TPSA) is 69.3 Å². The van der Waals surface area contributed by atoms with E-state index in [0.717, 1.165) is 39.9 Å². The molecule has 0 saturated carbocycles. The number of anilines is 1. The van der Waals surface area contributed by atoms with Crippen LogP contribution in [-0.4, -0.2) is 33.0 Å². The average Bonchev–Trinajstić information content (AvgIpc) is 3.49. The lowest BCUT2D eigenvalue weighted by Gasteiger charge is -2.30. The molecule has 34 heavy (non-hydrogen) atoms. The Bertz CT molecular complexity index is 1360. The number of carbonyl (C=O) groups is 2. The summed E-state index contributed by atoms with van der Waals surface area (Å²) in [5.41, 5.74) is 6.64. The van der Waals surface area contributed by atoms with Gasteiger partial charge in [0.25, 0.3) is 5.91 Å². The van der Waals surface area contributed by atoms with Crippen LogP contribution in [-0.2, 0) is 24.3 Å². The number of fused-ring (bicyclic) bond motifs is 2. The molecular weight excluding hydrogens is 424 g/mol. The molecule has 0 bridgehead atoms. The Hall–Kier alpha value is -4.19. The summed E-state index contributed by atoms with van der Waals surface area (Å²) in [4.78, 5) is 31.1. The number of hydrogen-bond donors (Lipinski definition) is 1. The molecule has 4 aromatic rings. The zero-order chi connectivity index (χ0) is 23.1. The van der Waals surface area contributed by atoms with Crippen molar-refractivity contribution >= 4 is 17.5 Å². The van der Waals surface area contributed by atoms with Gasteiger partial charge in [0.05, 0.1) is 12.7 Å². The van der Waals surface area contributed by atoms with Crippen LogP contribution in [0.2, 0.25) is 0 Å². The lowest BCUT2D eigenvalue weighted by atomic mass is 10.0. The van der Waals surface area contributed by atoms with E-state index < -0.39 is 6.04 Å². The van der Waals surface area contributed by atoms with E-state index >= 15 is 0 Å². The van der Waals surface area contributed by atoms with Gasteiger partial charge in [0.1, 0.15) is 6.04 Å². The second kappa shape index (κ2) is 8.30. The third-order valence-corrected chi connectivity index (χ3v) is 6.85. The molecule has 0 spiro atoms. The van der Waals surface area contributed by atoms with E-state index in [4.69, 9.17) is 0 Å². The molecule has 6 rings (SSSR count). The van der Waals surface area contributed by atoms with Gasteiger partial charge in [0.15, 0.2) is 0 Å². The van der Waals surface area contributed by atoms with Crippen LogP contribution < -0.4 is 4.90 Å². The largest absolute Gasteiger partial charge is 0.322 e. The van der Waals surface area contributed by atoms with E-state index in [0.29, 0.717) is 25.1 Å². The van der Waals surface area contributed by atoms with Crippen LogP contribution in [0.4, 0.5) is 5.69 Å². The average molecular weight is 449 g/mol. The summed E-state index contributed by atoms with van der Waals surface area (Å²) in [6, 6.07) is 23.5. The summed E-state index contributed by atoms with van der Waals surface area (Å²) < 4.78 is 0. The van der Waals surface area contributed by atoms with Gasteiger partial charge in [-0.3, -0.25) is 14.7 Å². The number of benzene rings is 3. The van der Waals surface area contributed by atoms with E-state index in [2.05, 4.69) is 16.3 Å². The molecule has 1 N–H and O–H groups in total. The highest BCUT2D eigenvalue weighted by Gasteiger charge is 2.40. The maximum Gasteiger partial charge on any atom is 0.255 e. The van der Waals surface area contributed by atoms with Crippen molar-refractivity contribution in [1.82, 2.24) is 15.1 Å². The van der Waals surface area contributed by atoms with Crippen molar-refractivity contribution < 1.29 is 9.59 Å². The molecule has 2 aliphatic rings. The van der Waals surface area contributed by atoms with Gasteiger partial charge >= 0.3 is 0 Å². The van der Waals surface area contributed by atoms with Crippen molar-refractivity contribution in [2.24, 2.45) is 0 Å². The Labute approximate surface area is 197 Å². The number of nitrogens with zero attached hydrogens (tertiary/aromatic N) is 3. The van der Waals surface area contributed by atoms with Gasteiger partial charge in [-0.15, -0.1) is 0 Å². The van der Waals surface area contributed by atoms with Gasteiger partial charge in [-0.05, 0) is 47.2 Å². The maximum absolute atomic E-state index is 14.0. The van der Waals surface area contributed by atoms with Crippen LogP contribution in [0.25, 0.3) is 11.1 Å². The predicted octanol–water partition coefficient (Wildman–Crippen LogP) is 4.58. The lowest BCUT2D eigenvalue weighted by molar-refractivity contribution is -0.123.